The number of aromatic hydroxyl groups is 1. The van der Waals surface area contributed by atoms with E-state index in [0.29, 0.717) is 25.0 Å². The Bertz CT molecular complexity index is 686. The summed E-state index contributed by atoms with van der Waals surface area (Å²) in [7, 11) is 1.34. The molecule has 0 saturated carbocycles. The maximum Gasteiger partial charge on any atom is 0.350 e. The number of hydrogen-bond donors (Lipinski definition) is 1. The molecule has 2 unspecified atom stereocenters. The molecule has 0 fully saturated rings. The first-order chi connectivity index (χ1) is 11.8. The van der Waals surface area contributed by atoms with Gasteiger partial charge in [0, 0.05) is 17.9 Å². The lowest BCUT2D eigenvalue weighted by molar-refractivity contribution is -0.139. The number of rotatable bonds is 9. The van der Waals surface area contributed by atoms with E-state index in [4.69, 9.17) is 4.42 Å². The van der Waals surface area contributed by atoms with Gasteiger partial charge in [-0.3, -0.25) is 9.59 Å². The van der Waals surface area contributed by atoms with Gasteiger partial charge in [0.1, 0.15) is 17.1 Å². The van der Waals surface area contributed by atoms with Crippen LogP contribution in [0.25, 0.3) is 0 Å². The van der Waals surface area contributed by atoms with E-state index in [0.717, 1.165) is 0 Å². The normalized spacial score (nSPS) is 13.6. The third kappa shape index (κ3) is 5.89. The first-order valence-corrected chi connectivity index (χ1v) is 8.44. The summed E-state index contributed by atoms with van der Waals surface area (Å²) < 4.78 is 9.78. The van der Waals surface area contributed by atoms with E-state index in [1.807, 2.05) is 19.9 Å². The van der Waals surface area contributed by atoms with Crippen molar-refractivity contribution in [2.45, 2.75) is 52.4 Å². The predicted molar refractivity (Wildman–Crippen MR) is 93.9 cm³/mol. The second-order valence-electron chi connectivity index (χ2n) is 6.10. The van der Waals surface area contributed by atoms with E-state index < -0.39 is 11.4 Å². The molecule has 1 N–H and O–H groups in total. The van der Waals surface area contributed by atoms with Gasteiger partial charge in [0.2, 0.25) is 0 Å². The Hall–Kier alpha value is -2.37. The van der Waals surface area contributed by atoms with Crippen molar-refractivity contribution in [1.82, 2.24) is 0 Å². The van der Waals surface area contributed by atoms with Crippen molar-refractivity contribution in [1.29, 1.82) is 0 Å². The monoisotopic (exact) mass is 350 g/mol. The van der Waals surface area contributed by atoms with Gasteiger partial charge in [-0.25, -0.2) is 4.79 Å². The molecule has 138 valence electrons. The van der Waals surface area contributed by atoms with Crippen LogP contribution in [0.5, 0.6) is 5.75 Å². The Morgan fingerprint density at radius 1 is 1.32 bits per heavy atom. The van der Waals surface area contributed by atoms with Crippen LogP contribution in [0.2, 0.25) is 0 Å². The van der Waals surface area contributed by atoms with Crippen LogP contribution >= 0.6 is 0 Å². The quantitative estimate of drug-likeness (QED) is 0.416. The van der Waals surface area contributed by atoms with E-state index in [9.17, 15) is 19.5 Å². The molecule has 0 aliphatic carbocycles. The van der Waals surface area contributed by atoms with Crippen LogP contribution in [0.3, 0.4) is 0 Å². The van der Waals surface area contributed by atoms with Crippen molar-refractivity contribution in [3.63, 3.8) is 0 Å². The molecule has 0 aliphatic heterocycles. The Kier molecular flexibility index (Phi) is 8.11. The number of hydrogen-bond acceptors (Lipinski definition) is 6. The van der Waals surface area contributed by atoms with Crippen LogP contribution in [0.1, 0.15) is 68.5 Å². The minimum atomic E-state index is -0.798. The fourth-order valence-corrected chi connectivity index (χ4v) is 2.27. The van der Waals surface area contributed by atoms with Crippen molar-refractivity contribution in [3.8, 4) is 5.75 Å². The molecule has 1 heterocycles. The minimum absolute atomic E-state index is 0.117. The summed E-state index contributed by atoms with van der Waals surface area (Å²) in [4.78, 5) is 35.2. The third-order valence-electron chi connectivity index (χ3n) is 4.19. The molecule has 0 bridgehead atoms. The molecule has 25 heavy (non-hydrogen) atoms. The molecule has 2 atom stereocenters. The summed E-state index contributed by atoms with van der Waals surface area (Å²) in [6, 6.07) is 1.35. The molecule has 0 amide bonds. The number of allylic oxidation sites excluding steroid dienone is 1. The molecule has 1 aromatic heterocycles. The molecule has 0 saturated heterocycles. The number of ketones is 1. The SMILES string of the molecule is CCC(C)C(=O)c1c(O)cc(C(C)CC/C=C/CC(=O)OC)oc1=O. The summed E-state index contributed by atoms with van der Waals surface area (Å²) in [6.07, 6.45) is 5.71. The maximum absolute atomic E-state index is 12.2. The van der Waals surface area contributed by atoms with Crippen LogP contribution in [0.4, 0.5) is 0 Å². The first kappa shape index (κ1) is 20.7. The van der Waals surface area contributed by atoms with Gasteiger partial charge in [-0.05, 0) is 19.3 Å². The zero-order chi connectivity index (χ0) is 19.0. The summed E-state index contributed by atoms with van der Waals surface area (Å²) in [5.41, 5.74) is -1.07. The summed E-state index contributed by atoms with van der Waals surface area (Å²) in [5, 5.41) is 10.1. The van der Waals surface area contributed by atoms with Crippen molar-refractivity contribution in [3.05, 3.63) is 40.0 Å². The average Bonchev–Trinajstić information content (AvgIpc) is 2.59. The van der Waals surface area contributed by atoms with Gasteiger partial charge >= 0.3 is 11.6 Å². The van der Waals surface area contributed by atoms with Crippen molar-refractivity contribution in [2.75, 3.05) is 7.11 Å². The highest BCUT2D eigenvalue weighted by Crippen LogP contribution is 2.26. The van der Waals surface area contributed by atoms with Gasteiger partial charge in [-0.1, -0.05) is 32.9 Å². The highest BCUT2D eigenvalue weighted by Gasteiger charge is 2.24. The molecule has 0 radical (unpaired) electrons. The number of carbonyl (C=O) groups is 2. The number of methoxy groups -OCH3 is 1. The zero-order valence-corrected chi connectivity index (χ0v) is 15.2. The highest BCUT2D eigenvalue weighted by atomic mass is 16.5. The van der Waals surface area contributed by atoms with E-state index in [-0.39, 0.29) is 35.5 Å². The molecular formula is C19H26O6. The topological polar surface area (TPSA) is 93.8 Å². The smallest absolute Gasteiger partial charge is 0.350 e. The van der Waals surface area contributed by atoms with Gasteiger partial charge in [-0.15, -0.1) is 0 Å². The Morgan fingerprint density at radius 3 is 2.56 bits per heavy atom. The van der Waals surface area contributed by atoms with E-state index in [1.165, 1.54) is 13.2 Å². The van der Waals surface area contributed by atoms with Crippen molar-refractivity contribution < 1.29 is 23.8 Å². The first-order valence-electron chi connectivity index (χ1n) is 8.44. The van der Waals surface area contributed by atoms with Crippen LogP contribution in [0.15, 0.2) is 27.4 Å². The number of carbonyl (C=O) groups excluding carboxylic acids is 2. The van der Waals surface area contributed by atoms with Crippen LogP contribution in [-0.2, 0) is 9.53 Å². The maximum atomic E-state index is 12.2. The minimum Gasteiger partial charge on any atom is -0.507 e. The lowest BCUT2D eigenvalue weighted by Gasteiger charge is -2.12. The molecule has 6 heteroatoms. The molecule has 0 aliphatic rings. The standard InChI is InChI=1S/C19H26O6/c1-5-12(2)18(22)17-14(20)11-15(25-19(17)23)13(3)9-7-6-8-10-16(21)24-4/h6,8,11-13,20H,5,7,9-10H2,1-4H3/b8-6+. The molecule has 6 nitrogen and oxygen atoms in total. The van der Waals surface area contributed by atoms with Gasteiger partial charge in [0.25, 0.3) is 0 Å². The van der Waals surface area contributed by atoms with Crippen LogP contribution in [0, 0.1) is 5.92 Å². The fraction of sp³-hybridized carbons (Fsp3) is 0.526. The third-order valence-corrected chi connectivity index (χ3v) is 4.19. The number of ether oxygens (including phenoxy) is 1. The lowest BCUT2D eigenvalue weighted by atomic mass is 9.96. The Balaban J connectivity index is 2.78. The molecule has 1 aromatic rings. The molecule has 0 aromatic carbocycles. The Morgan fingerprint density at radius 2 is 2.00 bits per heavy atom. The largest absolute Gasteiger partial charge is 0.507 e. The van der Waals surface area contributed by atoms with Gasteiger partial charge < -0.3 is 14.3 Å². The number of esters is 1. The Labute approximate surface area is 147 Å². The van der Waals surface area contributed by atoms with Crippen molar-refractivity contribution in [2.24, 2.45) is 5.92 Å². The summed E-state index contributed by atoms with van der Waals surface area (Å²) in [5.74, 6) is -1.17. The summed E-state index contributed by atoms with van der Waals surface area (Å²) >= 11 is 0. The van der Waals surface area contributed by atoms with Gasteiger partial charge in [0.05, 0.1) is 13.5 Å². The fourth-order valence-electron chi connectivity index (χ4n) is 2.27. The van der Waals surface area contributed by atoms with E-state index in [1.54, 1.807) is 13.0 Å². The van der Waals surface area contributed by atoms with Crippen LogP contribution < -0.4 is 5.63 Å². The van der Waals surface area contributed by atoms with E-state index >= 15 is 0 Å². The molecule has 0 spiro atoms. The van der Waals surface area contributed by atoms with Gasteiger partial charge in [0.15, 0.2) is 5.78 Å². The number of Topliss-reactive ketones (excluding diaryl/α,β-unsaturated/α-hetero) is 1. The second-order valence-corrected chi connectivity index (χ2v) is 6.10. The van der Waals surface area contributed by atoms with Gasteiger partial charge in [-0.2, -0.15) is 0 Å². The molecule has 1 rings (SSSR count). The zero-order valence-electron chi connectivity index (χ0n) is 15.2. The highest BCUT2D eigenvalue weighted by molar-refractivity contribution is 5.99. The molecular weight excluding hydrogens is 324 g/mol. The van der Waals surface area contributed by atoms with Crippen LogP contribution in [-0.4, -0.2) is 24.0 Å². The second kappa shape index (κ2) is 9.81. The lowest BCUT2D eigenvalue weighted by Crippen LogP contribution is -2.20. The van der Waals surface area contributed by atoms with Crippen molar-refractivity contribution >= 4 is 11.8 Å². The summed E-state index contributed by atoms with van der Waals surface area (Å²) in [6.45, 7) is 5.41. The average molecular weight is 350 g/mol. The van der Waals surface area contributed by atoms with E-state index in [2.05, 4.69) is 4.74 Å². The predicted octanol–water partition coefficient (Wildman–Crippen LogP) is 3.58.